The number of esters is 1. The summed E-state index contributed by atoms with van der Waals surface area (Å²) in [5.41, 5.74) is 2.40. The van der Waals surface area contributed by atoms with Crippen LogP contribution in [0.25, 0.3) is 0 Å². The van der Waals surface area contributed by atoms with Crippen molar-refractivity contribution in [2.24, 2.45) is 0 Å². The molecule has 1 aliphatic heterocycles. The number of ether oxygens (including phenoxy) is 1. The van der Waals surface area contributed by atoms with Gasteiger partial charge in [-0.25, -0.2) is 0 Å². The molecule has 0 aromatic heterocycles. The van der Waals surface area contributed by atoms with Crippen molar-refractivity contribution >= 4 is 5.97 Å². The third kappa shape index (κ3) is 5.91. The van der Waals surface area contributed by atoms with Gasteiger partial charge in [-0.2, -0.15) is 0 Å². The van der Waals surface area contributed by atoms with E-state index < -0.39 is 0 Å². The quantitative estimate of drug-likeness (QED) is 0.722. The number of piperidine rings is 1. The molecule has 144 valence electrons. The van der Waals surface area contributed by atoms with Gasteiger partial charge in [-0.05, 0) is 30.9 Å². The van der Waals surface area contributed by atoms with Crippen LogP contribution in [0.5, 0.6) is 0 Å². The van der Waals surface area contributed by atoms with E-state index in [-0.39, 0.29) is 11.5 Å². The van der Waals surface area contributed by atoms with Crippen LogP contribution in [0.2, 0.25) is 0 Å². The molecule has 4 nitrogen and oxygen atoms in total. The third-order valence-corrected chi connectivity index (χ3v) is 5.36. The zero-order chi connectivity index (χ0) is 19.0. The van der Waals surface area contributed by atoms with Crippen LogP contribution in [-0.2, 0) is 22.6 Å². The molecule has 0 amide bonds. The summed E-state index contributed by atoms with van der Waals surface area (Å²) in [6.07, 6.45) is 2.34. The van der Waals surface area contributed by atoms with E-state index >= 15 is 0 Å². The first-order valence-corrected chi connectivity index (χ1v) is 9.90. The Kier molecular flexibility index (Phi) is 7.02. The van der Waals surface area contributed by atoms with E-state index in [9.17, 15) is 4.79 Å². The highest BCUT2D eigenvalue weighted by Gasteiger charge is 2.36. The van der Waals surface area contributed by atoms with E-state index in [0.717, 1.165) is 39.0 Å². The first kappa shape index (κ1) is 19.6. The van der Waals surface area contributed by atoms with Crippen molar-refractivity contribution in [1.82, 2.24) is 10.2 Å². The van der Waals surface area contributed by atoms with Crippen LogP contribution < -0.4 is 5.32 Å². The van der Waals surface area contributed by atoms with Crippen LogP contribution >= 0.6 is 0 Å². The summed E-state index contributed by atoms with van der Waals surface area (Å²) in [6, 6.07) is 21.0. The van der Waals surface area contributed by atoms with Crippen molar-refractivity contribution in [2.75, 3.05) is 19.7 Å². The molecular formula is C23H30N2O2. The third-order valence-electron chi connectivity index (χ3n) is 5.36. The Morgan fingerprint density at radius 2 is 1.59 bits per heavy atom. The van der Waals surface area contributed by atoms with Crippen molar-refractivity contribution in [1.29, 1.82) is 0 Å². The van der Waals surface area contributed by atoms with E-state index in [1.807, 2.05) is 13.0 Å². The largest absolute Gasteiger partial charge is 0.466 e. The SMILES string of the molecule is CCOC(=O)CC1(NCc2ccccc2)CCN(Cc2ccccc2)CC1. The average Bonchev–Trinajstić information content (AvgIpc) is 2.70. The maximum atomic E-state index is 12.2. The normalized spacial score (nSPS) is 16.8. The van der Waals surface area contributed by atoms with Crippen molar-refractivity contribution < 1.29 is 9.53 Å². The maximum absolute atomic E-state index is 12.2. The number of likely N-dealkylation sites (tertiary alicyclic amines) is 1. The summed E-state index contributed by atoms with van der Waals surface area (Å²) in [5, 5.41) is 3.70. The molecule has 1 N–H and O–H groups in total. The number of nitrogens with zero attached hydrogens (tertiary/aromatic N) is 1. The van der Waals surface area contributed by atoms with E-state index in [4.69, 9.17) is 4.74 Å². The molecule has 4 heteroatoms. The predicted octanol–water partition coefficient (Wildman–Crippen LogP) is 3.76. The number of hydrogen-bond acceptors (Lipinski definition) is 4. The van der Waals surface area contributed by atoms with Crippen LogP contribution in [0, 0.1) is 0 Å². The van der Waals surface area contributed by atoms with Crippen LogP contribution in [0.4, 0.5) is 0 Å². The number of carbonyl (C=O) groups is 1. The fourth-order valence-electron chi connectivity index (χ4n) is 3.77. The van der Waals surface area contributed by atoms with Gasteiger partial charge in [0.1, 0.15) is 0 Å². The van der Waals surface area contributed by atoms with Gasteiger partial charge in [0, 0.05) is 31.7 Å². The lowest BCUT2D eigenvalue weighted by molar-refractivity contribution is -0.145. The summed E-state index contributed by atoms with van der Waals surface area (Å²) in [6.45, 7) is 6.01. The number of benzene rings is 2. The molecule has 3 rings (SSSR count). The zero-order valence-electron chi connectivity index (χ0n) is 16.2. The lowest BCUT2D eigenvalue weighted by Crippen LogP contribution is -2.54. The van der Waals surface area contributed by atoms with Crippen LogP contribution in [0.15, 0.2) is 60.7 Å². The zero-order valence-corrected chi connectivity index (χ0v) is 16.2. The van der Waals surface area contributed by atoms with Gasteiger partial charge in [0.2, 0.25) is 0 Å². The topological polar surface area (TPSA) is 41.6 Å². The lowest BCUT2D eigenvalue weighted by atomic mass is 9.84. The highest BCUT2D eigenvalue weighted by atomic mass is 16.5. The Hall–Kier alpha value is -2.17. The second-order valence-electron chi connectivity index (χ2n) is 7.36. The molecule has 0 saturated carbocycles. The Labute approximate surface area is 162 Å². The second kappa shape index (κ2) is 9.67. The minimum atomic E-state index is -0.185. The Morgan fingerprint density at radius 3 is 2.19 bits per heavy atom. The summed E-state index contributed by atoms with van der Waals surface area (Å²) in [4.78, 5) is 14.7. The van der Waals surface area contributed by atoms with Crippen LogP contribution in [0.1, 0.15) is 37.3 Å². The molecule has 2 aromatic carbocycles. The number of nitrogens with one attached hydrogen (secondary N) is 1. The smallest absolute Gasteiger partial charge is 0.307 e. The monoisotopic (exact) mass is 366 g/mol. The molecule has 0 aliphatic carbocycles. The first-order chi connectivity index (χ1) is 13.2. The summed E-state index contributed by atoms with van der Waals surface area (Å²) in [5.74, 6) is -0.102. The molecule has 1 aliphatic rings. The van der Waals surface area contributed by atoms with E-state index in [2.05, 4.69) is 64.8 Å². The van der Waals surface area contributed by atoms with Gasteiger partial charge in [0.05, 0.1) is 13.0 Å². The Morgan fingerprint density at radius 1 is 1.00 bits per heavy atom. The van der Waals surface area contributed by atoms with Gasteiger partial charge in [-0.15, -0.1) is 0 Å². The molecule has 0 radical (unpaired) electrons. The molecule has 0 bridgehead atoms. The molecule has 1 fully saturated rings. The van der Waals surface area contributed by atoms with Crippen molar-refractivity contribution in [3.8, 4) is 0 Å². The molecule has 0 atom stereocenters. The summed E-state index contributed by atoms with van der Waals surface area (Å²) < 4.78 is 5.25. The minimum Gasteiger partial charge on any atom is -0.466 e. The molecule has 1 saturated heterocycles. The van der Waals surface area contributed by atoms with Crippen molar-refractivity contribution in [2.45, 2.75) is 44.8 Å². The Balaban J connectivity index is 1.61. The number of hydrogen-bond donors (Lipinski definition) is 1. The fourth-order valence-corrected chi connectivity index (χ4v) is 3.77. The molecule has 27 heavy (non-hydrogen) atoms. The average molecular weight is 367 g/mol. The highest BCUT2D eigenvalue weighted by Crippen LogP contribution is 2.28. The number of rotatable bonds is 8. The second-order valence-corrected chi connectivity index (χ2v) is 7.36. The van der Waals surface area contributed by atoms with Crippen LogP contribution in [0.3, 0.4) is 0 Å². The van der Waals surface area contributed by atoms with Gasteiger partial charge >= 0.3 is 5.97 Å². The summed E-state index contributed by atoms with van der Waals surface area (Å²) in [7, 11) is 0. The van der Waals surface area contributed by atoms with Gasteiger partial charge in [0.25, 0.3) is 0 Å². The molecule has 2 aromatic rings. The van der Waals surface area contributed by atoms with Crippen LogP contribution in [-0.4, -0.2) is 36.1 Å². The lowest BCUT2D eigenvalue weighted by Gasteiger charge is -2.42. The van der Waals surface area contributed by atoms with Gasteiger partial charge < -0.3 is 10.1 Å². The van der Waals surface area contributed by atoms with E-state index in [1.54, 1.807) is 0 Å². The highest BCUT2D eigenvalue weighted by molar-refractivity contribution is 5.71. The minimum absolute atomic E-state index is 0.102. The summed E-state index contributed by atoms with van der Waals surface area (Å²) >= 11 is 0. The van der Waals surface area contributed by atoms with E-state index in [1.165, 1.54) is 11.1 Å². The first-order valence-electron chi connectivity index (χ1n) is 9.90. The van der Waals surface area contributed by atoms with Crippen molar-refractivity contribution in [3.05, 3.63) is 71.8 Å². The van der Waals surface area contributed by atoms with Gasteiger partial charge in [-0.1, -0.05) is 60.7 Å². The predicted molar refractivity (Wildman–Crippen MR) is 108 cm³/mol. The van der Waals surface area contributed by atoms with Gasteiger partial charge in [-0.3, -0.25) is 9.69 Å². The standard InChI is InChI=1S/C23H30N2O2/c1-2-27-22(26)17-23(24-18-20-9-5-3-6-10-20)13-15-25(16-14-23)19-21-11-7-4-8-12-21/h3-12,24H,2,13-19H2,1H3. The Bertz CT molecular complexity index is 695. The number of carbonyl (C=O) groups excluding carboxylic acids is 1. The maximum Gasteiger partial charge on any atom is 0.307 e. The van der Waals surface area contributed by atoms with Gasteiger partial charge in [0.15, 0.2) is 0 Å². The molecule has 0 unspecified atom stereocenters. The van der Waals surface area contributed by atoms with E-state index in [0.29, 0.717) is 13.0 Å². The molecule has 1 heterocycles. The molecular weight excluding hydrogens is 336 g/mol. The van der Waals surface area contributed by atoms with Crippen molar-refractivity contribution in [3.63, 3.8) is 0 Å². The molecule has 0 spiro atoms. The fraction of sp³-hybridized carbons (Fsp3) is 0.435.